The Morgan fingerprint density at radius 1 is 1.40 bits per heavy atom. The molecule has 0 saturated carbocycles. The third kappa shape index (κ3) is 3.47. The van der Waals surface area contributed by atoms with Crippen molar-refractivity contribution in [1.29, 1.82) is 0 Å². The largest absolute Gasteiger partial charge is 0.384 e. The van der Waals surface area contributed by atoms with Gasteiger partial charge in [-0.05, 0) is 32.8 Å². The van der Waals surface area contributed by atoms with Crippen LogP contribution >= 0.6 is 0 Å². The van der Waals surface area contributed by atoms with Gasteiger partial charge < -0.3 is 10.1 Å². The predicted octanol–water partition coefficient (Wildman–Crippen LogP) is 1.36. The number of ether oxygens (including phenoxy) is 1. The Balaban J connectivity index is 2.26. The molecule has 0 bridgehead atoms. The van der Waals surface area contributed by atoms with Crippen molar-refractivity contribution in [3.63, 3.8) is 0 Å². The van der Waals surface area contributed by atoms with Crippen LogP contribution in [0.4, 0.5) is 5.69 Å². The molecule has 20 heavy (non-hydrogen) atoms. The molecule has 2 N–H and O–H groups in total. The molecule has 0 atom stereocenters. The van der Waals surface area contributed by atoms with Gasteiger partial charge in [-0.25, -0.2) is 13.1 Å². The zero-order valence-corrected chi connectivity index (χ0v) is 12.7. The molecule has 7 heteroatoms. The zero-order chi connectivity index (χ0) is 14.6. The molecule has 0 amide bonds. The van der Waals surface area contributed by atoms with Gasteiger partial charge in [-0.2, -0.15) is 0 Å². The van der Waals surface area contributed by atoms with Gasteiger partial charge in [-0.15, -0.1) is 0 Å². The van der Waals surface area contributed by atoms with E-state index in [4.69, 9.17) is 4.74 Å². The van der Waals surface area contributed by atoms with E-state index in [2.05, 4.69) is 15.0 Å². The van der Waals surface area contributed by atoms with Crippen LogP contribution in [0.15, 0.2) is 23.4 Å². The second kappa shape index (κ2) is 6.07. The predicted molar refractivity (Wildman–Crippen MR) is 77.2 cm³/mol. The summed E-state index contributed by atoms with van der Waals surface area (Å²) >= 11 is 0. The molecule has 1 aromatic heterocycles. The topological polar surface area (TPSA) is 80.3 Å². The van der Waals surface area contributed by atoms with Gasteiger partial charge in [0.25, 0.3) is 0 Å². The minimum absolute atomic E-state index is 0.189. The monoisotopic (exact) mass is 299 g/mol. The highest BCUT2D eigenvalue weighted by Gasteiger charge is 2.33. The maximum atomic E-state index is 12.6. The van der Waals surface area contributed by atoms with Crippen molar-refractivity contribution in [2.24, 2.45) is 0 Å². The van der Waals surface area contributed by atoms with Crippen LogP contribution in [-0.2, 0) is 14.8 Å². The molecule has 0 spiro atoms. The Morgan fingerprint density at radius 3 is 2.75 bits per heavy atom. The lowest BCUT2D eigenvalue weighted by Crippen LogP contribution is -2.49. The maximum absolute atomic E-state index is 12.6. The third-order valence-electron chi connectivity index (χ3n) is 3.42. The Morgan fingerprint density at radius 2 is 2.10 bits per heavy atom. The normalized spacial score (nSPS) is 18.7. The van der Waals surface area contributed by atoms with Gasteiger partial charge in [0.2, 0.25) is 10.0 Å². The van der Waals surface area contributed by atoms with Crippen molar-refractivity contribution in [2.75, 3.05) is 25.1 Å². The quantitative estimate of drug-likeness (QED) is 0.858. The van der Waals surface area contributed by atoms with Crippen molar-refractivity contribution >= 4 is 15.7 Å². The first kappa shape index (κ1) is 15.2. The molecule has 2 heterocycles. The van der Waals surface area contributed by atoms with Crippen molar-refractivity contribution in [2.45, 2.75) is 37.1 Å². The molecule has 2 rings (SSSR count). The van der Waals surface area contributed by atoms with Gasteiger partial charge in [0.05, 0.1) is 5.69 Å². The third-order valence-corrected chi connectivity index (χ3v) is 5.08. The van der Waals surface area contributed by atoms with E-state index >= 15 is 0 Å². The van der Waals surface area contributed by atoms with E-state index in [1.54, 1.807) is 12.3 Å². The summed E-state index contributed by atoms with van der Waals surface area (Å²) in [5, 5.41) is 3.05. The molecule has 1 fully saturated rings. The summed E-state index contributed by atoms with van der Waals surface area (Å²) in [5.74, 6) is 0. The molecule has 0 radical (unpaired) electrons. The lowest BCUT2D eigenvalue weighted by atomic mass is 9.94. The van der Waals surface area contributed by atoms with Crippen molar-refractivity contribution in [3.8, 4) is 0 Å². The van der Waals surface area contributed by atoms with E-state index < -0.39 is 15.6 Å². The highest BCUT2D eigenvalue weighted by molar-refractivity contribution is 7.89. The standard InChI is InChI=1S/C13H21N3O3S/c1-3-15-11-4-7-14-10-12(11)20(17,18)16-13(2)5-8-19-9-6-13/h4,7,10,16H,3,5-6,8-9H2,1-2H3,(H,14,15). The lowest BCUT2D eigenvalue weighted by molar-refractivity contribution is 0.0537. The van der Waals surface area contributed by atoms with Crippen molar-refractivity contribution < 1.29 is 13.2 Å². The first-order valence-electron chi connectivity index (χ1n) is 6.76. The van der Waals surface area contributed by atoms with Gasteiger partial charge in [0.15, 0.2) is 0 Å². The Bertz CT molecular complexity index is 554. The molecule has 0 aliphatic carbocycles. The SMILES string of the molecule is CCNc1ccncc1S(=O)(=O)NC1(C)CCOCC1. The number of hydrogen-bond donors (Lipinski definition) is 2. The van der Waals surface area contributed by atoms with Crippen LogP contribution in [0.2, 0.25) is 0 Å². The molecule has 6 nitrogen and oxygen atoms in total. The van der Waals surface area contributed by atoms with Crippen LogP contribution in [0.25, 0.3) is 0 Å². The number of nitrogens with zero attached hydrogens (tertiary/aromatic N) is 1. The summed E-state index contributed by atoms with van der Waals surface area (Å²) in [5.41, 5.74) is 0.113. The van der Waals surface area contributed by atoms with E-state index in [-0.39, 0.29) is 4.90 Å². The molecular weight excluding hydrogens is 278 g/mol. The van der Waals surface area contributed by atoms with Crippen molar-refractivity contribution in [3.05, 3.63) is 18.5 Å². The molecule has 1 saturated heterocycles. The maximum Gasteiger partial charge on any atom is 0.244 e. The Labute approximate surface area is 120 Å². The minimum atomic E-state index is -3.60. The van der Waals surface area contributed by atoms with Crippen LogP contribution in [0.3, 0.4) is 0 Å². The number of anilines is 1. The number of nitrogens with one attached hydrogen (secondary N) is 2. The minimum Gasteiger partial charge on any atom is -0.384 e. The van der Waals surface area contributed by atoms with Gasteiger partial charge in [-0.1, -0.05) is 0 Å². The molecule has 112 valence electrons. The van der Waals surface area contributed by atoms with E-state index in [1.807, 2.05) is 13.8 Å². The number of pyridine rings is 1. The van der Waals surface area contributed by atoms with E-state index in [1.165, 1.54) is 6.20 Å². The first-order chi connectivity index (χ1) is 9.47. The molecule has 0 aromatic carbocycles. The summed E-state index contributed by atoms with van der Waals surface area (Å²) < 4.78 is 33.2. The summed E-state index contributed by atoms with van der Waals surface area (Å²) in [6, 6.07) is 1.67. The molecule has 1 aliphatic rings. The number of rotatable bonds is 5. The van der Waals surface area contributed by atoms with Crippen LogP contribution in [0, 0.1) is 0 Å². The molecular formula is C13H21N3O3S. The first-order valence-corrected chi connectivity index (χ1v) is 8.25. The van der Waals surface area contributed by atoms with Crippen LogP contribution in [0.1, 0.15) is 26.7 Å². The smallest absolute Gasteiger partial charge is 0.244 e. The summed E-state index contributed by atoms with van der Waals surface area (Å²) in [6.07, 6.45) is 4.29. The summed E-state index contributed by atoms with van der Waals surface area (Å²) in [6.45, 7) is 5.64. The van der Waals surface area contributed by atoms with Gasteiger partial charge in [0, 0.05) is 37.7 Å². The van der Waals surface area contributed by atoms with E-state index in [0.29, 0.717) is 38.3 Å². The molecule has 0 unspecified atom stereocenters. The van der Waals surface area contributed by atoms with Crippen LogP contribution in [-0.4, -0.2) is 38.7 Å². The number of aromatic nitrogens is 1. The van der Waals surface area contributed by atoms with Crippen LogP contribution in [0.5, 0.6) is 0 Å². The average molecular weight is 299 g/mol. The highest BCUT2D eigenvalue weighted by Crippen LogP contribution is 2.25. The van der Waals surface area contributed by atoms with E-state index in [0.717, 1.165) is 0 Å². The average Bonchev–Trinajstić information content (AvgIpc) is 2.39. The summed E-state index contributed by atoms with van der Waals surface area (Å²) in [7, 11) is -3.60. The second-order valence-electron chi connectivity index (χ2n) is 5.18. The second-order valence-corrected chi connectivity index (χ2v) is 6.83. The summed E-state index contributed by atoms with van der Waals surface area (Å²) in [4.78, 5) is 4.12. The fourth-order valence-electron chi connectivity index (χ4n) is 2.23. The van der Waals surface area contributed by atoms with Crippen molar-refractivity contribution in [1.82, 2.24) is 9.71 Å². The fourth-order valence-corrected chi connectivity index (χ4v) is 3.83. The van der Waals surface area contributed by atoms with Crippen LogP contribution < -0.4 is 10.0 Å². The van der Waals surface area contributed by atoms with Gasteiger partial charge in [0.1, 0.15) is 4.90 Å². The Kier molecular flexibility index (Phi) is 4.62. The van der Waals surface area contributed by atoms with E-state index in [9.17, 15) is 8.42 Å². The zero-order valence-electron chi connectivity index (χ0n) is 11.8. The van der Waals surface area contributed by atoms with Gasteiger partial charge in [-0.3, -0.25) is 4.98 Å². The number of hydrogen-bond acceptors (Lipinski definition) is 5. The lowest BCUT2D eigenvalue weighted by Gasteiger charge is -2.34. The Hall–Kier alpha value is -1.18. The molecule has 1 aromatic rings. The fraction of sp³-hybridized carbons (Fsp3) is 0.615. The van der Waals surface area contributed by atoms with Gasteiger partial charge >= 0.3 is 0 Å². The number of sulfonamides is 1. The molecule has 1 aliphatic heterocycles. The highest BCUT2D eigenvalue weighted by atomic mass is 32.2.